The first kappa shape index (κ1) is 14.1. The Balaban J connectivity index is 1.62. The van der Waals surface area contributed by atoms with E-state index in [1.54, 1.807) is 0 Å². The van der Waals surface area contributed by atoms with Crippen molar-refractivity contribution in [1.29, 1.82) is 0 Å². The van der Waals surface area contributed by atoms with Crippen molar-refractivity contribution in [3.8, 4) is 11.8 Å². The van der Waals surface area contributed by atoms with E-state index in [0.717, 1.165) is 18.4 Å². The van der Waals surface area contributed by atoms with Crippen LogP contribution >= 0.6 is 11.3 Å². The zero-order valence-electron chi connectivity index (χ0n) is 12.1. The van der Waals surface area contributed by atoms with Crippen LogP contribution in [0.15, 0.2) is 11.4 Å². The second-order valence-electron chi connectivity index (χ2n) is 6.09. The number of rotatable bonds is 2. The molecule has 20 heavy (non-hydrogen) atoms. The van der Waals surface area contributed by atoms with E-state index >= 15 is 0 Å². The largest absolute Gasteiger partial charge is 0.320 e. The lowest BCUT2D eigenvalue weighted by Crippen LogP contribution is -2.41. The topological polar surface area (TPSA) is 29.3 Å². The molecule has 1 aromatic rings. The van der Waals surface area contributed by atoms with Crippen LogP contribution < -0.4 is 5.73 Å². The number of piperidine rings is 1. The lowest BCUT2D eigenvalue weighted by Gasteiger charge is -2.41. The van der Waals surface area contributed by atoms with Gasteiger partial charge in [0.15, 0.2) is 0 Å². The Labute approximate surface area is 126 Å². The lowest BCUT2D eigenvalue weighted by atomic mass is 9.75. The zero-order valence-corrected chi connectivity index (χ0v) is 12.9. The number of thiophene rings is 1. The summed E-state index contributed by atoms with van der Waals surface area (Å²) in [5.41, 5.74) is 6.66. The van der Waals surface area contributed by atoms with E-state index < -0.39 is 0 Å². The van der Waals surface area contributed by atoms with Crippen LogP contribution in [0.3, 0.4) is 0 Å². The van der Waals surface area contributed by atoms with Gasteiger partial charge in [-0.15, -0.1) is 11.3 Å². The Hall–Kier alpha value is -0.820. The molecule has 3 heteroatoms. The smallest absolute Gasteiger partial charge is 0.0555 e. The van der Waals surface area contributed by atoms with E-state index in [-0.39, 0.29) is 0 Å². The second-order valence-corrected chi connectivity index (χ2v) is 7.09. The van der Waals surface area contributed by atoms with Crippen LogP contribution in [0.25, 0.3) is 0 Å². The molecule has 0 spiro atoms. The van der Waals surface area contributed by atoms with E-state index in [1.807, 2.05) is 11.3 Å². The SMILES string of the molecule is NCC#Cc1ccsc1CN1CCC2CCCCC2C1. The minimum Gasteiger partial charge on any atom is -0.320 e. The highest BCUT2D eigenvalue weighted by atomic mass is 32.1. The Morgan fingerprint density at radius 3 is 2.95 bits per heavy atom. The van der Waals surface area contributed by atoms with Crippen molar-refractivity contribution < 1.29 is 0 Å². The van der Waals surface area contributed by atoms with Crippen LogP contribution in [-0.2, 0) is 6.54 Å². The molecule has 108 valence electrons. The molecule has 1 saturated carbocycles. The Morgan fingerprint density at radius 1 is 1.25 bits per heavy atom. The van der Waals surface area contributed by atoms with Gasteiger partial charge in [0.25, 0.3) is 0 Å². The van der Waals surface area contributed by atoms with Crippen LogP contribution in [0.4, 0.5) is 0 Å². The standard InChI is InChI=1S/C17H24N2S/c18-9-3-6-15-8-11-20-17(15)13-19-10-7-14-4-1-2-5-16(14)12-19/h8,11,14,16H,1-2,4-5,7,9-10,12-13,18H2. The number of hydrogen-bond donors (Lipinski definition) is 1. The van der Waals surface area contributed by atoms with Gasteiger partial charge in [0, 0.05) is 23.5 Å². The maximum absolute atomic E-state index is 5.47. The summed E-state index contributed by atoms with van der Waals surface area (Å²) in [4.78, 5) is 4.06. The number of nitrogens with zero attached hydrogens (tertiary/aromatic N) is 1. The van der Waals surface area contributed by atoms with E-state index in [9.17, 15) is 0 Å². The highest BCUT2D eigenvalue weighted by molar-refractivity contribution is 7.10. The summed E-state index contributed by atoms with van der Waals surface area (Å²) in [6.07, 6.45) is 7.24. The highest BCUT2D eigenvalue weighted by Crippen LogP contribution is 2.36. The highest BCUT2D eigenvalue weighted by Gasteiger charge is 2.31. The fourth-order valence-electron chi connectivity index (χ4n) is 3.74. The molecular formula is C17H24N2S. The quantitative estimate of drug-likeness (QED) is 0.848. The van der Waals surface area contributed by atoms with E-state index in [4.69, 9.17) is 5.73 Å². The fourth-order valence-corrected chi connectivity index (χ4v) is 4.62. The number of hydrogen-bond acceptors (Lipinski definition) is 3. The summed E-state index contributed by atoms with van der Waals surface area (Å²) in [5.74, 6) is 8.16. The molecule has 0 bridgehead atoms. The molecule has 3 rings (SSSR count). The third kappa shape index (κ3) is 3.25. The number of fused-ring (bicyclic) bond motifs is 1. The summed E-state index contributed by atoms with van der Waals surface area (Å²) >= 11 is 1.84. The maximum Gasteiger partial charge on any atom is 0.0555 e. The molecule has 1 aliphatic heterocycles. The predicted molar refractivity (Wildman–Crippen MR) is 85.6 cm³/mol. The van der Waals surface area contributed by atoms with Crippen molar-refractivity contribution in [1.82, 2.24) is 4.90 Å². The van der Waals surface area contributed by atoms with Crippen LogP contribution in [0.1, 0.15) is 42.5 Å². The summed E-state index contributed by atoms with van der Waals surface area (Å²) in [6, 6.07) is 2.13. The predicted octanol–water partition coefficient (Wildman–Crippen LogP) is 3.07. The van der Waals surface area contributed by atoms with E-state index in [1.165, 1.54) is 55.6 Å². The molecule has 0 aromatic carbocycles. The molecule has 1 aromatic heterocycles. The van der Waals surface area contributed by atoms with Gasteiger partial charge in [-0.25, -0.2) is 0 Å². The van der Waals surface area contributed by atoms with Gasteiger partial charge in [0.1, 0.15) is 0 Å². The van der Waals surface area contributed by atoms with Crippen LogP contribution in [0.5, 0.6) is 0 Å². The molecule has 0 radical (unpaired) electrons. The normalized spacial score (nSPS) is 26.6. The minimum absolute atomic E-state index is 0.447. The van der Waals surface area contributed by atoms with Gasteiger partial charge in [0.2, 0.25) is 0 Å². The van der Waals surface area contributed by atoms with Gasteiger partial charge >= 0.3 is 0 Å². The molecule has 2 nitrogen and oxygen atoms in total. The monoisotopic (exact) mass is 288 g/mol. The fraction of sp³-hybridized carbons (Fsp3) is 0.647. The molecule has 2 N–H and O–H groups in total. The molecule has 2 fully saturated rings. The van der Waals surface area contributed by atoms with Crippen LogP contribution in [0, 0.1) is 23.7 Å². The number of nitrogens with two attached hydrogens (primary N) is 1. The van der Waals surface area contributed by atoms with Gasteiger partial charge in [-0.3, -0.25) is 4.90 Å². The van der Waals surface area contributed by atoms with E-state index in [2.05, 4.69) is 28.2 Å². The summed E-state index contributed by atoms with van der Waals surface area (Å²) in [6.45, 7) is 4.09. The van der Waals surface area contributed by atoms with Gasteiger partial charge in [0.05, 0.1) is 6.54 Å². The van der Waals surface area contributed by atoms with Crippen LogP contribution in [-0.4, -0.2) is 24.5 Å². The van der Waals surface area contributed by atoms with Crippen molar-refractivity contribution >= 4 is 11.3 Å². The number of likely N-dealkylation sites (tertiary alicyclic amines) is 1. The van der Waals surface area contributed by atoms with Crippen molar-refractivity contribution in [3.63, 3.8) is 0 Å². The molecule has 2 aliphatic rings. The molecule has 2 atom stereocenters. The summed E-state index contributed by atoms with van der Waals surface area (Å²) < 4.78 is 0. The van der Waals surface area contributed by atoms with Gasteiger partial charge in [-0.2, -0.15) is 0 Å². The third-order valence-electron chi connectivity index (χ3n) is 4.81. The average molecular weight is 288 g/mol. The first-order valence-corrected chi connectivity index (χ1v) is 8.72. The van der Waals surface area contributed by atoms with Crippen LogP contribution in [0.2, 0.25) is 0 Å². The van der Waals surface area contributed by atoms with Crippen molar-refractivity contribution in [2.24, 2.45) is 17.6 Å². The summed E-state index contributed by atoms with van der Waals surface area (Å²) in [5, 5.41) is 2.16. The Bertz CT molecular complexity index is 497. The van der Waals surface area contributed by atoms with Crippen molar-refractivity contribution in [3.05, 3.63) is 21.9 Å². The molecule has 2 heterocycles. The second kappa shape index (κ2) is 6.76. The van der Waals surface area contributed by atoms with Gasteiger partial charge in [-0.1, -0.05) is 31.1 Å². The molecule has 1 saturated heterocycles. The molecular weight excluding hydrogens is 264 g/mol. The summed E-state index contributed by atoms with van der Waals surface area (Å²) in [7, 11) is 0. The molecule has 0 amide bonds. The first-order chi connectivity index (χ1) is 9.86. The molecule has 1 aliphatic carbocycles. The maximum atomic E-state index is 5.47. The average Bonchev–Trinajstić information content (AvgIpc) is 2.92. The van der Waals surface area contributed by atoms with E-state index in [0.29, 0.717) is 6.54 Å². The zero-order chi connectivity index (χ0) is 13.8. The third-order valence-corrected chi connectivity index (χ3v) is 5.72. The van der Waals surface area contributed by atoms with Crippen molar-refractivity contribution in [2.45, 2.75) is 38.6 Å². The lowest BCUT2D eigenvalue weighted by molar-refractivity contribution is 0.0827. The Morgan fingerprint density at radius 2 is 2.10 bits per heavy atom. The Kier molecular flexibility index (Phi) is 4.77. The van der Waals surface area contributed by atoms with Crippen molar-refractivity contribution in [2.75, 3.05) is 19.6 Å². The molecule has 2 unspecified atom stereocenters. The van der Waals surface area contributed by atoms with Gasteiger partial charge < -0.3 is 5.73 Å². The first-order valence-electron chi connectivity index (χ1n) is 7.84. The van der Waals surface area contributed by atoms with Gasteiger partial charge in [-0.05, 0) is 42.7 Å². The minimum atomic E-state index is 0.447.